The van der Waals surface area contributed by atoms with Gasteiger partial charge in [-0.05, 0) is 112 Å². The second-order valence-electron chi connectivity index (χ2n) is 14.3. The van der Waals surface area contributed by atoms with Crippen LogP contribution < -0.4 is 14.4 Å². The van der Waals surface area contributed by atoms with Crippen LogP contribution in [0.5, 0.6) is 5.75 Å². The van der Waals surface area contributed by atoms with Crippen LogP contribution in [0.3, 0.4) is 0 Å². The van der Waals surface area contributed by atoms with Gasteiger partial charge in [0.15, 0.2) is 0 Å². The van der Waals surface area contributed by atoms with Crippen molar-refractivity contribution in [1.82, 2.24) is 9.62 Å². The molecule has 1 saturated carbocycles. The Bertz CT molecular complexity index is 1360. The van der Waals surface area contributed by atoms with Gasteiger partial charge in [0.05, 0.1) is 30.3 Å². The number of benzene rings is 2. The summed E-state index contributed by atoms with van der Waals surface area (Å²) in [6, 6.07) is 11.8. The lowest BCUT2D eigenvalue weighted by molar-refractivity contribution is 0.0108. The number of likely N-dealkylation sites (N-methyl/N-ethyl adjacent to an activating group) is 1. The van der Waals surface area contributed by atoms with Gasteiger partial charge in [0.2, 0.25) is 0 Å². The summed E-state index contributed by atoms with van der Waals surface area (Å²) in [6.45, 7) is 12.0. The Hall–Kier alpha value is -2.17. The molecule has 1 amide bonds. The fourth-order valence-corrected chi connectivity index (χ4v) is 8.31. The molecule has 10 heteroatoms. The zero-order valence-corrected chi connectivity index (χ0v) is 31.5. The van der Waals surface area contributed by atoms with Crippen LogP contribution in [0.15, 0.2) is 36.4 Å². The average Bonchev–Trinajstić information content (AvgIpc) is 3.21. The zero-order chi connectivity index (χ0) is 34.8. The number of amides is 1. The molecule has 0 radical (unpaired) electrons. The second-order valence-corrected chi connectivity index (χ2v) is 16.2. The molecule has 4 rings (SSSR count). The summed E-state index contributed by atoms with van der Waals surface area (Å²) in [7, 11) is 2.41. The Morgan fingerprint density at radius 3 is 2.60 bits per heavy atom. The zero-order valence-electron chi connectivity index (χ0n) is 29.9. The molecule has 268 valence electrons. The van der Waals surface area contributed by atoms with Gasteiger partial charge >= 0.3 is 0 Å². The van der Waals surface area contributed by atoms with Crippen molar-refractivity contribution >= 4 is 34.2 Å². The van der Waals surface area contributed by atoms with Crippen molar-refractivity contribution in [2.24, 2.45) is 17.8 Å². The van der Waals surface area contributed by atoms with E-state index >= 15 is 0 Å². The molecule has 0 spiro atoms. The van der Waals surface area contributed by atoms with Crippen molar-refractivity contribution in [2.45, 2.75) is 89.9 Å². The van der Waals surface area contributed by atoms with Gasteiger partial charge in [-0.2, -0.15) is 0 Å². The van der Waals surface area contributed by atoms with Crippen LogP contribution in [-0.4, -0.2) is 85.0 Å². The number of aliphatic hydroxyl groups excluding tert-OH is 1. The van der Waals surface area contributed by atoms with Gasteiger partial charge in [-0.3, -0.25) is 9.52 Å². The van der Waals surface area contributed by atoms with Crippen molar-refractivity contribution in [3.8, 4) is 5.75 Å². The fourth-order valence-electron chi connectivity index (χ4n) is 7.07. The maximum absolute atomic E-state index is 13.4. The van der Waals surface area contributed by atoms with Gasteiger partial charge < -0.3 is 24.4 Å². The van der Waals surface area contributed by atoms with E-state index in [0.717, 1.165) is 74.5 Å². The highest BCUT2D eigenvalue weighted by atomic mass is 35.5. The highest BCUT2D eigenvalue weighted by molar-refractivity contribution is 7.84. The van der Waals surface area contributed by atoms with E-state index in [1.54, 1.807) is 6.07 Å². The molecule has 0 aromatic heterocycles. The fraction of sp³-hybridized carbons (Fsp3) is 0.658. The van der Waals surface area contributed by atoms with Crippen LogP contribution in [0.1, 0.15) is 93.6 Å². The van der Waals surface area contributed by atoms with E-state index in [1.807, 2.05) is 44.1 Å². The summed E-state index contributed by atoms with van der Waals surface area (Å²) in [5, 5.41) is 10.8. The van der Waals surface area contributed by atoms with E-state index in [4.69, 9.17) is 21.1 Å². The summed E-state index contributed by atoms with van der Waals surface area (Å²) >= 11 is 6.44. The lowest BCUT2D eigenvalue weighted by Gasteiger charge is -2.41. The molecule has 2 aromatic rings. The molecule has 48 heavy (non-hydrogen) atoms. The lowest BCUT2D eigenvalue weighted by Crippen LogP contribution is -2.40. The van der Waals surface area contributed by atoms with Gasteiger partial charge in [-0.1, -0.05) is 51.3 Å². The molecule has 1 aliphatic heterocycles. The number of fused-ring (bicyclic) bond motifs is 1. The quantitative estimate of drug-likeness (QED) is 0.164. The number of anilines is 1. The summed E-state index contributed by atoms with van der Waals surface area (Å²) < 4.78 is 28.2. The number of carbonyl (C=O) groups is 1. The third-order valence-electron chi connectivity index (χ3n) is 10.1. The first-order chi connectivity index (χ1) is 23.0. The molecule has 1 aliphatic carbocycles. The van der Waals surface area contributed by atoms with Crippen molar-refractivity contribution < 1.29 is 23.6 Å². The first kappa shape index (κ1) is 38.6. The molecular formula is C38H58ClN3O5S. The summed E-state index contributed by atoms with van der Waals surface area (Å²) in [5.41, 5.74) is 3.91. The van der Waals surface area contributed by atoms with Crippen LogP contribution in [0.2, 0.25) is 5.02 Å². The number of rotatable bonds is 18. The number of aryl methyl sites for hydroxylation is 1. The van der Waals surface area contributed by atoms with E-state index in [0.29, 0.717) is 43.8 Å². The maximum atomic E-state index is 13.4. The number of aliphatic hydroxyl groups is 1. The van der Waals surface area contributed by atoms with E-state index in [9.17, 15) is 14.1 Å². The first-order valence-corrected chi connectivity index (χ1v) is 19.5. The molecule has 0 saturated heterocycles. The van der Waals surface area contributed by atoms with Crippen molar-refractivity contribution in [1.29, 1.82) is 0 Å². The normalized spacial score (nSPS) is 21.8. The summed E-state index contributed by atoms with van der Waals surface area (Å²) in [4.78, 5) is 17.8. The Kier molecular flexibility index (Phi) is 15.1. The van der Waals surface area contributed by atoms with Gasteiger partial charge in [-0.25, -0.2) is 4.21 Å². The Morgan fingerprint density at radius 1 is 1.15 bits per heavy atom. The summed E-state index contributed by atoms with van der Waals surface area (Å²) in [6.07, 6.45) is 6.73. The molecule has 2 aliphatic rings. The molecule has 2 N–H and O–H groups in total. The number of nitrogens with zero attached hydrogens (tertiary/aromatic N) is 2. The first-order valence-electron chi connectivity index (χ1n) is 17.9. The van der Waals surface area contributed by atoms with Crippen LogP contribution in [-0.2, 0) is 22.1 Å². The van der Waals surface area contributed by atoms with Gasteiger partial charge in [0.1, 0.15) is 16.7 Å². The van der Waals surface area contributed by atoms with E-state index in [1.165, 1.54) is 11.1 Å². The van der Waals surface area contributed by atoms with Crippen LogP contribution >= 0.6 is 11.6 Å². The third kappa shape index (κ3) is 10.7. The molecule has 1 heterocycles. The summed E-state index contributed by atoms with van der Waals surface area (Å²) in [5.74, 6) is 1.83. The second kappa shape index (κ2) is 18.7. The number of carbonyl (C=O) groups excluding carboxylic acids is 1. The molecule has 7 atom stereocenters. The molecular weight excluding hydrogens is 646 g/mol. The third-order valence-corrected chi connectivity index (χ3v) is 11.9. The van der Waals surface area contributed by atoms with Crippen molar-refractivity contribution in [2.75, 3.05) is 58.5 Å². The largest absolute Gasteiger partial charge is 0.491 e. The standard InChI is InChI=1S/C38H58ClN3O5S/c1-7-9-26(3)27(4)48(45)40-38(44)30-13-16-37-36(20-30)42(21-31-12-11-28(31)17-18-46-25-34(43)23-41(5)6)22-32(24-47-37)35-15-14-33(39)19-29(35)10-8-2/h13-16,19-20,26-28,31-32,34,43H,7-12,17-18,21-25H2,1-6H3,(H,40,44). The molecule has 2 aromatic carbocycles. The number of nitrogens with one attached hydrogen (secondary N) is 1. The molecule has 8 nitrogen and oxygen atoms in total. The Labute approximate surface area is 296 Å². The highest BCUT2D eigenvalue weighted by Crippen LogP contribution is 2.42. The minimum absolute atomic E-state index is 0.127. The predicted molar refractivity (Wildman–Crippen MR) is 198 cm³/mol. The number of hydrogen-bond donors (Lipinski definition) is 2. The maximum Gasteiger partial charge on any atom is 0.263 e. The molecule has 7 unspecified atom stereocenters. The van der Waals surface area contributed by atoms with Crippen LogP contribution in [0.25, 0.3) is 0 Å². The van der Waals surface area contributed by atoms with Gasteiger partial charge in [0, 0.05) is 42.7 Å². The highest BCUT2D eigenvalue weighted by Gasteiger charge is 2.35. The van der Waals surface area contributed by atoms with E-state index in [2.05, 4.69) is 42.5 Å². The lowest BCUT2D eigenvalue weighted by atomic mass is 9.71. The number of ether oxygens (including phenoxy) is 2. The predicted octanol–water partition coefficient (Wildman–Crippen LogP) is 6.85. The molecule has 0 bridgehead atoms. The van der Waals surface area contributed by atoms with E-state index in [-0.39, 0.29) is 23.0 Å². The topological polar surface area (TPSA) is 91.3 Å². The van der Waals surface area contributed by atoms with Crippen molar-refractivity contribution in [3.05, 3.63) is 58.1 Å². The molecule has 1 fully saturated rings. The average molecular weight is 704 g/mol. The number of halogens is 1. The number of hydrogen-bond acceptors (Lipinski definition) is 7. The smallest absolute Gasteiger partial charge is 0.263 e. The Balaban J connectivity index is 1.53. The van der Waals surface area contributed by atoms with Gasteiger partial charge in [-0.15, -0.1) is 0 Å². The van der Waals surface area contributed by atoms with Crippen LogP contribution in [0.4, 0.5) is 5.69 Å². The Morgan fingerprint density at radius 2 is 1.92 bits per heavy atom. The SMILES string of the molecule is CCCc1cc(Cl)ccc1C1COc2ccc(C(=O)NS(=O)C(C)C(C)CCC)cc2N(CC2CCC2CCOCC(O)CN(C)C)C1. The minimum Gasteiger partial charge on any atom is -0.491 e. The van der Waals surface area contributed by atoms with Crippen LogP contribution in [0, 0.1) is 17.8 Å². The van der Waals surface area contributed by atoms with Crippen molar-refractivity contribution in [3.63, 3.8) is 0 Å². The van der Waals surface area contributed by atoms with E-state index < -0.39 is 17.1 Å². The minimum atomic E-state index is -1.48. The monoisotopic (exact) mass is 703 g/mol. The van der Waals surface area contributed by atoms with Gasteiger partial charge in [0.25, 0.3) is 5.91 Å².